The smallest absolute Gasteiger partial charge is 0.338 e. The SMILES string of the molecule is COC(=O)c1cc(F)c(C)c(NCC(=O)Nc2cc(Cl)ccc2-n2cncn2)c1. The van der Waals surface area contributed by atoms with Gasteiger partial charge in [0.05, 0.1) is 30.6 Å². The molecule has 3 aromatic rings. The van der Waals surface area contributed by atoms with Crippen LogP contribution >= 0.6 is 11.6 Å². The number of anilines is 2. The first kappa shape index (κ1) is 20.3. The van der Waals surface area contributed by atoms with E-state index in [1.54, 1.807) is 18.2 Å². The van der Waals surface area contributed by atoms with Crippen LogP contribution in [0.2, 0.25) is 5.02 Å². The summed E-state index contributed by atoms with van der Waals surface area (Å²) in [5.74, 6) is -1.66. The second-order valence-corrected chi connectivity index (χ2v) is 6.46. The van der Waals surface area contributed by atoms with Gasteiger partial charge in [-0.3, -0.25) is 4.79 Å². The van der Waals surface area contributed by atoms with Crippen LogP contribution < -0.4 is 10.6 Å². The third-order valence-electron chi connectivity index (χ3n) is 4.10. The fourth-order valence-electron chi connectivity index (χ4n) is 2.61. The van der Waals surface area contributed by atoms with Crippen molar-refractivity contribution in [3.63, 3.8) is 0 Å². The molecule has 0 bridgehead atoms. The summed E-state index contributed by atoms with van der Waals surface area (Å²) in [6.45, 7) is 1.37. The molecular formula is C19H17ClFN5O3. The van der Waals surface area contributed by atoms with Gasteiger partial charge in [-0.25, -0.2) is 18.9 Å². The van der Waals surface area contributed by atoms with Crippen molar-refractivity contribution in [1.82, 2.24) is 14.8 Å². The first-order chi connectivity index (χ1) is 13.9. The number of aromatic nitrogens is 3. The molecule has 1 amide bonds. The van der Waals surface area contributed by atoms with Crippen LogP contribution in [0.4, 0.5) is 15.8 Å². The van der Waals surface area contributed by atoms with Crippen molar-refractivity contribution in [3.05, 3.63) is 65.0 Å². The second kappa shape index (κ2) is 8.70. The van der Waals surface area contributed by atoms with E-state index in [1.165, 1.54) is 37.4 Å². The van der Waals surface area contributed by atoms with Crippen LogP contribution in [0.15, 0.2) is 43.0 Å². The lowest BCUT2D eigenvalue weighted by atomic mass is 10.1. The zero-order chi connectivity index (χ0) is 21.0. The normalized spacial score (nSPS) is 10.5. The first-order valence-corrected chi connectivity index (χ1v) is 8.83. The molecule has 2 aromatic carbocycles. The molecule has 2 N–H and O–H groups in total. The molecule has 10 heteroatoms. The number of hydrogen-bond acceptors (Lipinski definition) is 6. The zero-order valence-corrected chi connectivity index (χ0v) is 16.3. The lowest BCUT2D eigenvalue weighted by Gasteiger charge is -2.14. The number of nitrogens with one attached hydrogen (secondary N) is 2. The molecule has 0 saturated heterocycles. The van der Waals surface area contributed by atoms with Gasteiger partial charge in [0.2, 0.25) is 5.91 Å². The Bertz CT molecular complexity index is 1060. The van der Waals surface area contributed by atoms with Crippen molar-refractivity contribution in [3.8, 4) is 5.69 Å². The van der Waals surface area contributed by atoms with Gasteiger partial charge in [0.15, 0.2) is 0 Å². The van der Waals surface area contributed by atoms with E-state index in [4.69, 9.17) is 11.6 Å². The third kappa shape index (κ3) is 4.69. The largest absolute Gasteiger partial charge is 0.465 e. The number of esters is 1. The number of amides is 1. The Balaban J connectivity index is 1.76. The number of methoxy groups -OCH3 is 1. The lowest BCUT2D eigenvalue weighted by Crippen LogP contribution is -2.23. The molecule has 1 heterocycles. The topological polar surface area (TPSA) is 98.1 Å². The van der Waals surface area contributed by atoms with E-state index < -0.39 is 17.7 Å². The van der Waals surface area contributed by atoms with Crippen LogP contribution in [0.1, 0.15) is 15.9 Å². The Kier molecular flexibility index (Phi) is 6.08. The minimum absolute atomic E-state index is 0.0433. The summed E-state index contributed by atoms with van der Waals surface area (Å²) in [5.41, 5.74) is 1.64. The highest BCUT2D eigenvalue weighted by Crippen LogP contribution is 2.24. The van der Waals surface area contributed by atoms with Gasteiger partial charge in [-0.2, -0.15) is 5.10 Å². The molecular weight excluding hydrogens is 401 g/mol. The van der Waals surface area contributed by atoms with Crippen LogP contribution in [0.5, 0.6) is 0 Å². The van der Waals surface area contributed by atoms with Gasteiger partial charge < -0.3 is 15.4 Å². The van der Waals surface area contributed by atoms with E-state index >= 15 is 0 Å². The predicted molar refractivity (Wildman–Crippen MR) is 106 cm³/mol. The maximum absolute atomic E-state index is 14.1. The molecule has 0 unspecified atom stereocenters. The van der Waals surface area contributed by atoms with Crippen LogP contribution in [-0.4, -0.2) is 40.3 Å². The molecule has 0 radical (unpaired) electrons. The average Bonchev–Trinajstić information content (AvgIpc) is 3.23. The minimum atomic E-state index is -0.673. The fraction of sp³-hybridized carbons (Fsp3) is 0.158. The Morgan fingerprint density at radius 2 is 2.03 bits per heavy atom. The summed E-state index contributed by atoms with van der Waals surface area (Å²) in [7, 11) is 1.21. The van der Waals surface area contributed by atoms with E-state index in [0.717, 1.165) is 6.07 Å². The molecule has 0 saturated carbocycles. The van der Waals surface area contributed by atoms with Crippen molar-refractivity contribution in [1.29, 1.82) is 0 Å². The summed E-state index contributed by atoms with van der Waals surface area (Å²) < 4.78 is 20.2. The van der Waals surface area contributed by atoms with Gasteiger partial charge in [-0.1, -0.05) is 11.6 Å². The summed E-state index contributed by atoms with van der Waals surface area (Å²) in [5, 5.41) is 10.0. The van der Waals surface area contributed by atoms with Gasteiger partial charge in [-0.05, 0) is 37.3 Å². The minimum Gasteiger partial charge on any atom is -0.465 e. The predicted octanol–water partition coefficient (Wildman–Crippen LogP) is 3.21. The van der Waals surface area contributed by atoms with Gasteiger partial charge in [0.1, 0.15) is 18.5 Å². The van der Waals surface area contributed by atoms with Gasteiger partial charge >= 0.3 is 5.97 Å². The Labute approximate surface area is 170 Å². The quantitative estimate of drug-likeness (QED) is 0.598. The Morgan fingerprint density at radius 3 is 2.72 bits per heavy atom. The molecule has 1 aromatic heterocycles. The summed E-state index contributed by atoms with van der Waals surface area (Å²) in [6, 6.07) is 7.45. The summed E-state index contributed by atoms with van der Waals surface area (Å²) in [6.07, 6.45) is 2.86. The summed E-state index contributed by atoms with van der Waals surface area (Å²) >= 11 is 6.04. The monoisotopic (exact) mass is 417 g/mol. The Hall–Kier alpha value is -3.46. The van der Waals surface area contributed by atoms with Crippen LogP contribution in [0.25, 0.3) is 5.69 Å². The highest BCUT2D eigenvalue weighted by molar-refractivity contribution is 6.31. The van der Waals surface area contributed by atoms with Crippen molar-refractivity contribution in [2.75, 3.05) is 24.3 Å². The molecule has 8 nitrogen and oxygen atoms in total. The second-order valence-electron chi connectivity index (χ2n) is 6.03. The molecule has 0 fully saturated rings. The number of benzene rings is 2. The number of hydrogen-bond donors (Lipinski definition) is 2. The number of carbonyl (C=O) groups excluding carboxylic acids is 2. The lowest BCUT2D eigenvalue weighted by molar-refractivity contribution is -0.114. The molecule has 3 rings (SSSR count). The third-order valence-corrected chi connectivity index (χ3v) is 4.34. The number of rotatable bonds is 6. The molecule has 29 heavy (non-hydrogen) atoms. The maximum atomic E-state index is 14.1. The van der Waals surface area contributed by atoms with Crippen molar-refractivity contribution in [2.45, 2.75) is 6.92 Å². The molecule has 0 spiro atoms. The zero-order valence-electron chi connectivity index (χ0n) is 15.6. The van der Waals surface area contributed by atoms with Crippen LogP contribution in [0, 0.1) is 12.7 Å². The highest BCUT2D eigenvalue weighted by atomic mass is 35.5. The number of carbonyl (C=O) groups is 2. The van der Waals surface area contributed by atoms with Crippen LogP contribution in [0.3, 0.4) is 0 Å². The molecule has 0 aliphatic rings. The molecule has 0 aliphatic carbocycles. The maximum Gasteiger partial charge on any atom is 0.338 e. The fourth-order valence-corrected chi connectivity index (χ4v) is 2.78. The Morgan fingerprint density at radius 1 is 1.24 bits per heavy atom. The van der Waals surface area contributed by atoms with Gasteiger partial charge in [-0.15, -0.1) is 0 Å². The van der Waals surface area contributed by atoms with E-state index in [-0.39, 0.29) is 17.7 Å². The average molecular weight is 418 g/mol. The number of halogens is 2. The molecule has 0 aliphatic heterocycles. The van der Waals surface area contributed by atoms with Gasteiger partial charge in [0, 0.05) is 16.3 Å². The van der Waals surface area contributed by atoms with E-state index in [1.807, 2.05) is 0 Å². The van der Waals surface area contributed by atoms with Crippen molar-refractivity contribution >= 4 is 34.9 Å². The highest BCUT2D eigenvalue weighted by Gasteiger charge is 2.15. The van der Waals surface area contributed by atoms with E-state index in [9.17, 15) is 14.0 Å². The molecule has 150 valence electrons. The van der Waals surface area contributed by atoms with Gasteiger partial charge in [0.25, 0.3) is 0 Å². The number of ether oxygens (including phenoxy) is 1. The first-order valence-electron chi connectivity index (χ1n) is 8.45. The van der Waals surface area contributed by atoms with E-state index in [2.05, 4.69) is 25.5 Å². The standard InChI is InChI=1S/C19H17ClFN5O3/c1-11-14(21)5-12(19(28)29-2)6-15(11)23-8-18(27)25-16-7-13(20)3-4-17(16)26-10-22-9-24-26/h3-7,9-10,23H,8H2,1-2H3,(H,25,27). The van der Waals surface area contributed by atoms with E-state index in [0.29, 0.717) is 22.1 Å². The van der Waals surface area contributed by atoms with Crippen molar-refractivity contribution < 1.29 is 18.7 Å². The summed E-state index contributed by atoms with van der Waals surface area (Å²) in [4.78, 5) is 28.0. The van der Waals surface area contributed by atoms with Crippen molar-refractivity contribution in [2.24, 2.45) is 0 Å². The number of nitrogens with zero attached hydrogens (tertiary/aromatic N) is 3. The molecule has 0 atom stereocenters. The van der Waals surface area contributed by atoms with Crippen LogP contribution in [-0.2, 0) is 9.53 Å².